The maximum absolute atomic E-state index is 13.5. The Morgan fingerprint density at radius 3 is 2.68 bits per heavy atom. The Balaban J connectivity index is 1.99. The number of ether oxygens (including phenoxy) is 1. The molecule has 1 saturated heterocycles. The number of β-amino-alcohol motifs (C(OH)–C–C–N with tert-alkyl or cyclic N) is 1. The molecule has 0 aliphatic carbocycles. The van der Waals surface area contributed by atoms with Crippen LogP contribution in [0.1, 0.15) is 31.4 Å². The van der Waals surface area contributed by atoms with Crippen LogP contribution in [0.2, 0.25) is 0 Å². The molecule has 0 saturated carbocycles. The lowest BCUT2D eigenvalue weighted by Gasteiger charge is -2.35. The molecule has 0 bridgehead atoms. The van der Waals surface area contributed by atoms with Crippen LogP contribution in [0.3, 0.4) is 0 Å². The predicted molar refractivity (Wildman–Crippen MR) is 67.8 cm³/mol. The zero-order valence-corrected chi connectivity index (χ0v) is 11.0. The maximum Gasteiger partial charge on any atom is 0.131 e. The van der Waals surface area contributed by atoms with Crippen molar-refractivity contribution in [2.45, 2.75) is 31.4 Å². The molecule has 19 heavy (non-hydrogen) atoms. The Hall–Kier alpha value is -1.04. The van der Waals surface area contributed by atoms with Crippen LogP contribution in [0.25, 0.3) is 0 Å². The molecule has 0 spiro atoms. The normalized spacial score (nSPS) is 25.3. The number of hydrogen-bond donors (Lipinski definition) is 2. The van der Waals surface area contributed by atoms with Crippen LogP contribution in [0, 0.1) is 11.6 Å². The van der Waals surface area contributed by atoms with Crippen molar-refractivity contribution in [3.8, 4) is 0 Å². The topological polar surface area (TPSA) is 41.5 Å². The van der Waals surface area contributed by atoms with Crippen molar-refractivity contribution < 1.29 is 18.6 Å². The zero-order chi connectivity index (χ0) is 13.9. The van der Waals surface area contributed by atoms with Gasteiger partial charge in [0.1, 0.15) is 11.6 Å². The van der Waals surface area contributed by atoms with Gasteiger partial charge in [0.05, 0.1) is 18.3 Å². The molecule has 5 heteroatoms. The number of rotatable bonds is 4. The molecule has 0 aromatic heterocycles. The van der Waals surface area contributed by atoms with Crippen molar-refractivity contribution in [1.29, 1.82) is 0 Å². The lowest BCUT2D eigenvalue weighted by atomic mass is 9.94. The third kappa shape index (κ3) is 3.49. The van der Waals surface area contributed by atoms with E-state index in [-0.39, 0.29) is 17.6 Å². The van der Waals surface area contributed by atoms with Crippen LogP contribution < -0.4 is 5.32 Å². The highest BCUT2D eigenvalue weighted by atomic mass is 19.1. The first-order valence-electron chi connectivity index (χ1n) is 6.47. The molecule has 2 rings (SSSR count). The summed E-state index contributed by atoms with van der Waals surface area (Å²) in [5.41, 5.74) is -0.531. The minimum atomic E-state index is -1.21. The summed E-state index contributed by atoms with van der Waals surface area (Å²) in [6, 6.07) is 3.57. The highest BCUT2D eigenvalue weighted by Gasteiger charge is 2.28. The number of benzene rings is 1. The summed E-state index contributed by atoms with van der Waals surface area (Å²) in [6.07, 6.45) is 0.646. The Bertz CT molecular complexity index is 413. The first kappa shape index (κ1) is 14.4. The van der Waals surface area contributed by atoms with Gasteiger partial charge in [-0.1, -0.05) is 6.07 Å². The van der Waals surface area contributed by atoms with Crippen molar-refractivity contribution in [3.63, 3.8) is 0 Å². The summed E-state index contributed by atoms with van der Waals surface area (Å²) in [7, 11) is 0. The Morgan fingerprint density at radius 1 is 1.42 bits per heavy atom. The third-order valence-electron chi connectivity index (χ3n) is 3.49. The fourth-order valence-electron chi connectivity index (χ4n) is 2.35. The number of hydrogen-bond acceptors (Lipinski definition) is 3. The number of halogens is 2. The van der Waals surface area contributed by atoms with E-state index in [9.17, 15) is 13.9 Å². The van der Waals surface area contributed by atoms with Crippen LogP contribution in [-0.2, 0) is 4.74 Å². The highest BCUT2D eigenvalue weighted by molar-refractivity contribution is 5.22. The van der Waals surface area contributed by atoms with Gasteiger partial charge in [-0.2, -0.15) is 0 Å². The lowest BCUT2D eigenvalue weighted by Crippen LogP contribution is -2.50. The molecular weight excluding hydrogens is 252 g/mol. The second-order valence-corrected chi connectivity index (χ2v) is 5.25. The molecule has 1 aromatic carbocycles. The van der Waals surface area contributed by atoms with Crippen molar-refractivity contribution in [3.05, 3.63) is 35.4 Å². The lowest BCUT2D eigenvalue weighted by molar-refractivity contribution is 0.0217. The predicted octanol–water partition coefficient (Wildman–Crippen LogP) is 2.16. The van der Waals surface area contributed by atoms with Crippen molar-refractivity contribution in [1.82, 2.24) is 5.32 Å². The fourth-order valence-corrected chi connectivity index (χ4v) is 2.35. The van der Waals surface area contributed by atoms with E-state index in [2.05, 4.69) is 5.32 Å². The summed E-state index contributed by atoms with van der Waals surface area (Å²) in [6.45, 7) is 3.36. The molecule has 0 amide bonds. The van der Waals surface area contributed by atoms with E-state index in [1.807, 2.05) is 6.92 Å². The monoisotopic (exact) mass is 271 g/mol. The van der Waals surface area contributed by atoms with Gasteiger partial charge in [0.2, 0.25) is 0 Å². The molecule has 1 aliphatic rings. The van der Waals surface area contributed by atoms with E-state index in [0.717, 1.165) is 31.6 Å². The van der Waals surface area contributed by atoms with Gasteiger partial charge in [-0.25, -0.2) is 8.78 Å². The first-order valence-corrected chi connectivity index (χ1v) is 6.47. The summed E-state index contributed by atoms with van der Waals surface area (Å²) in [5.74, 6) is -1.45. The molecule has 1 aromatic rings. The SMILES string of the molecule is CC1(NCC(O)c2c(F)cccc2F)CCCOC1. The van der Waals surface area contributed by atoms with E-state index in [1.54, 1.807) is 0 Å². The quantitative estimate of drug-likeness (QED) is 0.881. The minimum absolute atomic E-state index is 0.0950. The summed E-state index contributed by atoms with van der Waals surface area (Å²) in [5, 5.41) is 13.1. The first-order chi connectivity index (χ1) is 9.02. The van der Waals surface area contributed by atoms with Crippen LogP contribution in [-0.4, -0.2) is 30.4 Å². The average molecular weight is 271 g/mol. The van der Waals surface area contributed by atoms with Crippen molar-refractivity contribution in [2.75, 3.05) is 19.8 Å². The third-order valence-corrected chi connectivity index (χ3v) is 3.49. The number of nitrogens with one attached hydrogen (secondary N) is 1. The molecule has 2 atom stereocenters. The van der Waals surface area contributed by atoms with E-state index >= 15 is 0 Å². The van der Waals surface area contributed by atoms with Gasteiger partial charge >= 0.3 is 0 Å². The molecule has 2 N–H and O–H groups in total. The minimum Gasteiger partial charge on any atom is -0.387 e. The highest BCUT2D eigenvalue weighted by Crippen LogP contribution is 2.23. The van der Waals surface area contributed by atoms with Crippen LogP contribution in [0.4, 0.5) is 8.78 Å². The maximum atomic E-state index is 13.5. The fraction of sp³-hybridized carbons (Fsp3) is 0.571. The smallest absolute Gasteiger partial charge is 0.131 e. The Labute approximate surface area is 111 Å². The summed E-state index contributed by atoms with van der Waals surface area (Å²) in [4.78, 5) is 0. The number of aliphatic hydroxyl groups is 1. The van der Waals surface area contributed by atoms with Gasteiger partial charge in [0.25, 0.3) is 0 Å². The van der Waals surface area contributed by atoms with Crippen LogP contribution >= 0.6 is 0 Å². The molecule has 0 radical (unpaired) electrons. The van der Waals surface area contributed by atoms with E-state index in [4.69, 9.17) is 4.74 Å². The van der Waals surface area contributed by atoms with Gasteiger partial charge in [-0.3, -0.25) is 0 Å². The number of aliphatic hydroxyl groups excluding tert-OH is 1. The van der Waals surface area contributed by atoms with E-state index in [1.165, 1.54) is 6.07 Å². The van der Waals surface area contributed by atoms with Gasteiger partial charge in [0, 0.05) is 18.7 Å². The molecule has 1 heterocycles. The second kappa shape index (κ2) is 5.94. The molecule has 1 fully saturated rings. The summed E-state index contributed by atoms with van der Waals surface area (Å²) >= 11 is 0. The zero-order valence-electron chi connectivity index (χ0n) is 11.0. The molecule has 2 unspecified atom stereocenters. The van der Waals surface area contributed by atoms with E-state index in [0.29, 0.717) is 6.61 Å². The van der Waals surface area contributed by atoms with Gasteiger partial charge in [-0.15, -0.1) is 0 Å². The second-order valence-electron chi connectivity index (χ2n) is 5.25. The van der Waals surface area contributed by atoms with Gasteiger partial charge in [0.15, 0.2) is 0 Å². The van der Waals surface area contributed by atoms with Crippen molar-refractivity contribution in [2.24, 2.45) is 0 Å². The molecular formula is C14H19F2NO2. The summed E-state index contributed by atoms with van der Waals surface area (Å²) < 4.78 is 32.4. The van der Waals surface area contributed by atoms with Crippen molar-refractivity contribution >= 4 is 0 Å². The Morgan fingerprint density at radius 2 is 2.11 bits per heavy atom. The average Bonchev–Trinajstić information content (AvgIpc) is 2.37. The molecule has 3 nitrogen and oxygen atoms in total. The Kier molecular flexibility index (Phi) is 4.50. The van der Waals surface area contributed by atoms with Gasteiger partial charge < -0.3 is 15.2 Å². The molecule has 106 valence electrons. The molecule has 1 aliphatic heterocycles. The van der Waals surface area contributed by atoms with E-state index < -0.39 is 17.7 Å². The van der Waals surface area contributed by atoms with Crippen LogP contribution in [0.15, 0.2) is 18.2 Å². The van der Waals surface area contributed by atoms with Crippen LogP contribution in [0.5, 0.6) is 0 Å². The van der Waals surface area contributed by atoms with Gasteiger partial charge in [-0.05, 0) is 31.9 Å². The standard InChI is InChI=1S/C14H19F2NO2/c1-14(6-3-7-19-9-14)17-8-12(18)13-10(15)4-2-5-11(13)16/h2,4-5,12,17-18H,3,6-9H2,1H3. The largest absolute Gasteiger partial charge is 0.387 e.